The van der Waals surface area contributed by atoms with Gasteiger partial charge in [0, 0.05) is 0 Å². The zero-order chi connectivity index (χ0) is 11.4. The summed E-state index contributed by atoms with van der Waals surface area (Å²) in [6, 6.07) is 5.09. The van der Waals surface area contributed by atoms with Crippen molar-refractivity contribution in [3.63, 3.8) is 0 Å². The number of carbonyl (C=O) groups is 1. The third-order valence-corrected chi connectivity index (χ3v) is 2.20. The van der Waals surface area contributed by atoms with E-state index < -0.39 is 12.1 Å². The number of ether oxygens (including phenoxy) is 2. The lowest BCUT2D eigenvalue weighted by Crippen LogP contribution is -2.14. The molecule has 0 bridgehead atoms. The standard InChI is InChI=1S/C11H14O4/c1-7-6-8(14-2)4-5-9(7)10(12)11(13)15-3/h4-6,10,12H,1-3H3. The van der Waals surface area contributed by atoms with Crippen LogP contribution in [0.4, 0.5) is 0 Å². The topological polar surface area (TPSA) is 55.8 Å². The Labute approximate surface area is 88.4 Å². The van der Waals surface area contributed by atoms with Crippen molar-refractivity contribution in [3.8, 4) is 5.75 Å². The number of aryl methyl sites for hydroxylation is 1. The summed E-state index contributed by atoms with van der Waals surface area (Å²) in [5, 5.41) is 9.62. The molecule has 0 saturated heterocycles. The van der Waals surface area contributed by atoms with Crippen LogP contribution in [-0.4, -0.2) is 25.3 Å². The second-order valence-corrected chi connectivity index (χ2v) is 3.15. The number of aliphatic hydroxyl groups excluding tert-OH is 1. The molecule has 0 radical (unpaired) electrons. The molecule has 1 unspecified atom stereocenters. The first-order chi connectivity index (χ1) is 7.10. The second-order valence-electron chi connectivity index (χ2n) is 3.15. The van der Waals surface area contributed by atoms with Gasteiger partial charge in [-0.2, -0.15) is 0 Å². The summed E-state index contributed by atoms with van der Waals surface area (Å²) in [6.45, 7) is 1.80. The summed E-state index contributed by atoms with van der Waals surface area (Å²) in [4.78, 5) is 11.1. The van der Waals surface area contributed by atoms with Crippen molar-refractivity contribution < 1.29 is 19.4 Å². The van der Waals surface area contributed by atoms with Gasteiger partial charge in [0.25, 0.3) is 0 Å². The predicted octanol–water partition coefficient (Wildman–Crippen LogP) is 1.21. The molecule has 1 rings (SSSR count). The molecule has 4 heteroatoms. The summed E-state index contributed by atoms with van der Waals surface area (Å²) in [5.41, 5.74) is 1.31. The molecule has 0 amide bonds. The van der Waals surface area contributed by atoms with E-state index >= 15 is 0 Å². The van der Waals surface area contributed by atoms with Gasteiger partial charge in [0.05, 0.1) is 14.2 Å². The third kappa shape index (κ3) is 2.47. The number of hydrogen-bond donors (Lipinski definition) is 1. The van der Waals surface area contributed by atoms with E-state index in [4.69, 9.17) is 4.74 Å². The highest BCUT2D eigenvalue weighted by Crippen LogP contribution is 2.23. The normalized spacial score (nSPS) is 12.0. The Morgan fingerprint density at radius 2 is 2.07 bits per heavy atom. The van der Waals surface area contributed by atoms with Crippen molar-refractivity contribution in [1.82, 2.24) is 0 Å². The van der Waals surface area contributed by atoms with Gasteiger partial charge < -0.3 is 14.6 Å². The van der Waals surface area contributed by atoms with Crippen molar-refractivity contribution in [2.45, 2.75) is 13.0 Å². The number of methoxy groups -OCH3 is 2. The number of carbonyl (C=O) groups excluding carboxylic acids is 1. The van der Waals surface area contributed by atoms with Crippen LogP contribution in [0.2, 0.25) is 0 Å². The van der Waals surface area contributed by atoms with Gasteiger partial charge in [0.1, 0.15) is 5.75 Å². The molecule has 82 valence electrons. The molecule has 1 aromatic carbocycles. The van der Waals surface area contributed by atoms with Gasteiger partial charge in [-0.25, -0.2) is 4.79 Å². The Kier molecular flexibility index (Phi) is 3.68. The SMILES string of the molecule is COC(=O)C(O)c1ccc(OC)cc1C. The number of benzene rings is 1. The quantitative estimate of drug-likeness (QED) is 0.762. The minimum Gasteiger partial charge on any atom is -0.497 e. The lowest BCUT2D eigenvalue weighted by molar-refractivity contribution is -0.150. The largest absolute Gasteiger partial charge is 0.497 e. The van der Waals surface area contributed by atoms with Gasteiger partial charge in [-0.1, -0.05) is 6.07 Å². The van der Waals surface area contributed by atoms with E-state index in [-0.39, 0.29) is 0 Å². The highest BCUT2D eigenvalue weighted by Gasteiger charge is 2.19. The molecule has 1 atom stereocenters. The minimum atomic E-state index is -1.24. The smallest absolute Gasteiger partial charge is 0.339 e. The van der Waals surface area contributed by atoms with E-state index in [1.165, 1.54) is 7.11 Å². The molecule has 0 aliphatic carbocycles. The Hall–Kier alpha value is -1.55. The molecule has 1 N–H and O–H groups in total. The Morgan fingerprint density at radius 1 is 1.40 bits per heavy atom. The molecule has 0 saturated carbocycles. The van der Waals surface area contributed by atoms with Crippen LogP contribution in [0, 0.1) is 6.92 Å². The monoisotopic (exact) mass is 210 g/mol. The van der Waals surface area contributed by atoms with Crippen molar-refractivity contribution in [3.05, 3.63) is 29.3 Å². The fourth-order valence-electron chi connectivity index (χ4n) is 1.32. The van der Waals surface area contributed by atoms with Crippen molar-refractivity contribution in [2.24, 2.45) is 0 Å². The maximum Gasteiger partial charge on any atom is 0.339 e. The summed E-state index contributed by atoms with van der Waals surface area (Å²) in [5.74, 6) is 0.0246. The van der Waals surface area contributed by atoms with Gasteiger partial charge in [0.15, 0.2) is 6.10 Å². The number of hydrogen-bond acceptors (Lipinski definition) is 4. The molecule has 0 spiro atoms. The number of aliphatic hydroxyl groups is 1. The fourth-order valence-corrected chi connectivity index (χ4v) is 1.32. The molecule has 0 heterocycles. The number of rotatable bonds is 3. The molecule has 0 aromatic heterocycles. The van der Waals surface area contributed by atoms with Gasteiger partial charge >= 0.3 is 5.97 Å². The van der Waals surface area contributed by atoms with Gasteiger partial charge in [0.2, 0.25) is 0 Å². The molecule has 15 heavy (non-hydrogen) atoms. The van der Waals surface area contributed by atoms with Crippen LogP contribution in [0.15, 0.2) is 18.2 Å². The summed E-state index contributed by atoms with van der Waals surface area (Å²) in [6.07, 6.45) is -1.24. The fraction of sp³-hybridized carbons (Fsp3) is 0.364. The molecule has 0 fully saturated rings. The Bertz CT molecular complexity index is 360. The molecule has 4 nitrogen and oxygen atoms in total. The molecular formula is C11H14O4. The van der Waals surface area contributed by atoms with Crippen LogP contribution >= 0.6 is 0 Å². The molecular weight excluding hydrogens is 196 g/mol. The van der Waals surface area contributed by atoms with Gasteiger partial charge in [-0.15, -0.1) is 0 Å². The van der Waals surface area contributed by atoms with E-state index in [2.05, 4.69) is 4.74 Å². The molecule has 1 aromatic rings. The zero-order valence-corrected chi connectivity index (χ0v) is 8.98. The first kappa shape index (κ1) is 11.5. The van der Waals surface area contributed by atoms with Crippen molar-refractivity contribution in [2.75, 3.05) is 14.2 Å². The predicted molar refractivity (Wildman–Crippen MR) is 54.7 cm³/mol. The highest BCUT2D eigenvalue weighted by atomic mass is 16.5. The lowest BCUT2D eigenvalue weighted by Gasteiger charge is -2.12. The third-order valence-electron chi connectivity index (χ3n) is 2.20. The van der Waals surface area contributed by atoms with E-state index in [0.29, 0.717) is 11.3 Å². The Balaban J connectivity index is 3.00. The Morgan fingerprint density at radius 3 is 2.53 bits per heavy atom. The van der Waals surface area contributed by atoms with Gasteiger partial charge in [-0.05, 0) is 30.2 Å². The average Bonchev–Trinajstić information content (AvgIpc) is 2.26. The minimum absolute atomic E-state index is 0.530. The summed E-state index contributed by atoms with van der Waals surface area (Å²) in [7, 11) is 2.80. The lowest BCUT2D eigenvalue weighted by atomic mass is 10.0. The van der Waals surface area contributed by atoms with E-state index in [1.807, 2.05) is 0 Å². The first-order valence-corrected chi connectivity index (χ1v) is 4.50. The van der Waals surface area contributed by atoms with Crippen LogP contribution in [0.3, 0.4) is 0 Å². The van der Waals surface area contributed by atoms with Crippen molar-refractivity contribution in [1.29, 1.82) is 0 Å². The molecule has 0 aliphatic rings. The maximum atomic E-state index is 11.1. The van der Waals surface area contributed by atoms with Crippen LogP contribution in [0.1, 0.15) is 17.2 Å². The number of esters is 1. The maximum absolute atomic E-state index is 11.1. The van der Waals surface area contributed by atoms with Crippen LogP contribution in [0.25, 0.3) is 0 Å². The second kappa shape index (κ2) is 4.79. The van der Waals surface area contributed by atoms with Crippen LogP contribution in [0.5, 0.6) is 5.75 Å². The first-order valence-electron chi connectivity index (χ1n) is 4.50. The van der Waals surface area contributed by atoms with Gasteiger partial charge in [-0.3, -0.25) is 0 Å². The average molecular weight is 210 g/mol. The highest BCUT2D eigenvalue weighted by molar-refractivity contribution is 5.76. The molecule has 0 aliphatic heterocycles. The zero-order valence-electron chi connectivity index (χ0n) is 8.98. The van der Waals surface area contributed by atoms with E-state index in [9.17, 15) is 9.90 Å². The van der Waals surface area contributed by atoms with E-state index in [0.717, 1.165) is 5.56 Å². The van der Waals surface area contributed by atoms with Crippen LogP contribution in [-0.2, 0) is 9.53 Å². The van der Waals surface area contributed by atoms with Crippen LogP contribution < -0.4 is 4.74 Å². The summed E-state index contributed by atoms with van der Waals surface area (Å²) >= 11 is 0. The summed E-state index contributed by atoms with van der Waals surface area (Å²) < 4.78 is 9.48. The van der Waals surface area contributed by atoms with Crippen molar-refractivity contribution >= 4 is 5.97 Å². The van der Waals surface area contributed by atoms with E-state index in [1.54, 1.807) is 32.2 Å².